The lowest BCUT2D eigenvalue weighted by molar-refractivity contribution is 0.632. The summed E-state index contributed by atoms with van der Waals surface area (Å²) in [5.41, 5.74) is 6.56. The van der Waals surface area contributed by atoms with E-state index in [1.165, 1.54) is 0 Å². The van der Waals surface area contributed by atoms with Gasteiger partial charge in [-0.05, 0) is 44.5 Å². The molecular weight excluding hydrogens is 396 g/mol. The summed E-state index contributed by atoms with van der Waals surface area (Å²) in [5.74, 6) is 0.508. The minimum atomic E-state index is 0.219. The Bertz CT molecular complexity index is 1190. The van der Waals surface area contributed by atoms with Crippen LogP contribution in [0.1, 0.15) is 41.0 Å². The van der Waals surface area contributed by atoms with Gasteiger partial charge in [0.2, 0.25) is 0 Å². The van der Waals surface area contributed by atoms with Crippen LogP contribution in [0.25, 0.3) is 21.1 Å². The molecule has 2 unspecified atom stereocenters. The molecule has 0 radical (unpaired) electrons. The third-order valence-corrected chi connectivity index (χ3v) is 7.20. The molecule has 0 aromatic carbocycles. The number of rotatable bonds is 4. The van der Waals surface area contributed by atoms with Crippen LogP contribution in [0, 0.1) is 13.8 Å². The van der Waals surface area contributed by atoms with Gasteiger partial charge in [-0.3, -0.25) is 9.97 Å². The molecule has 1 aliphatic carbocycles. The van der Waals surface area contributed by atoms with Gasteiger partial charge in [-0.15, -0.1) is 22.7 Å². The first-order chi connectivity index (χ1) is 14.2. The zero-order valence-electron chi connectivity index (χ0n) is 16.2. The van der Waals surface area contributed by atoms with Gasteiger partial charge < -0.3 is 0 Å². The minimum Gasteiger partial charge on any atom is -0.261 e. The van der Waals surface area contributed by atoms with Crippen molar-refractivity contribution < 1.29 is 0 Å². The molecule has 6 heteroatoms. The van der Waals surface area contributed by atoms with Crippen molar-refractivity contribution in [1.82, 2.24) is 19.9 Å². The number of aromatic nitrogens is 4. The van der Waals surface area contributed by atoms with E-state index in [-0.39, 0.29) is 11.8 Å². The van der Waals surface area contributed by atoms with Crippen molar-refractivity contribution in [3.05, 3.63) is 82.3 Å². The van der Waals surface area contributed by atoms with Gasteiger partial charge in [-0.1, -0.05) is 12.2 Å². The molecule has 4 nitrogen and oxygen atoms in total. The molecule has 1 aliphatic rings. The van der Waals surface area contributed by atoms with Crippen molar-refractivity contribution >= 4 is 22.7 Å². The van der Waals surface area contributed by atoms with Crippen molar-refractivity contribution in [1.29, 1.82) is 0 Å². The molecule has 0 N–H and O–H groups in total. The quantitative estimate of drug-likeness (QED) is 0.373. The number of hydrogen-bond donors (Lipinski definition) is 0. The van der Waals surface area contributed by atoms with E-state index in [1.54, 1.807) is 22.7 Å². The first-order valence-electron chi connectivity index (χ1n) is 9.61. The second-order valence-corrected chi connectivity index (χ2v) is 9.04. The van der Waals surface area contributed by atoms with Crippen LogP contribution in [-0.2, 0) is 0 Å². The average Bonchev–Trinajstić information content (AvgIpc) is 3.49. The molecule has 0 amide bonds. The number of allylic oxidation sites excluding steroid dienone is 2. The van der Waals surface area contributed by atoms with Crippen LogP contribution >= 0.6 is 22.7 Å². The fraction of sp³-hybridized carbons (Fsp3) is 0.217. The fourth-order valence-electron chi connectivity index (χ4n) is 3.78. The minimum absolute atomic E-state index is 0.219. The number of thiazole rings is 2. The van der Waals surface area contributed by atoms with E-state index in [4.69, 9.17) is 9.97 Å². The van der Waals surface area contributed by atoms with E-state index in [0.29, 0.717) is 0 Å². The van der Waals surface area contributed by atoms with E-state index in [2.05, 4.69) is 45.0 Å². The molecule has 29 heavy (non-hydrogen) atoms. The number of hydrogen-bond acceptors (Lipinski definition) is 6. The molecule has 2 atom stereocenters. The van der Waals surface area contributed by atoms with Crippen LogP contribution in [0.4, 0.5) is 0 Å². The Morgan fingerprint density at radius 1 is 0.828 bits per heavy atom. The van der Waals surface area contributed by atoms with Gasteiger partial charge in [0.25, 0.3) is 0 Å². The predicted octanol–water partition coefficient (Wildman–Crippen LogP) is 6.17. The summed E-state index contributed by atoms with van der Waals surface area (Å²) >= 11 is 3.36. The maximum absolute atomic E-state index is 4.71. The Morgan fingerprint density at radius 3 is 2.00 bits per heavy atom. The number of pyridine rings is 2. The first kappa shape index (κ1) is 18.3. The molecule has 0 saturated heterocycles. The smallest absolute Gasteiger partial charge is 0.123 e. The van der Waals surface area contributed by atoms with Gasteiger partial charge in [-0.25, -0.2) is 9.97 Å². The van der Waals surface area contributed by atoms with E-state index < -0.39 is 0 Å². The van der Waals surface area contributed by atoms with Crippen LogP contribution in [0.3, 0.4) is 0 Å². The second-order valence-electron chi connectivity index (χ2n) is 7.32. The molecule has 0 aliphatic heterocycles. The van der Waals surface area contributed by atoms with Crippen molar-refractivity contribution in [2.24, 2.45) is 0 Å². The van der Waals surface area contributed by atoms with Crippen molar-refractivity contribution in [3.8, 4) is 21.1 Å². The van der Waals surface area contributed by atoms with E-state index in [9.17, 15) is 0 Å². The monoisotopic (exact) mass is 416 g/mol. The van der Waals surface area contributed by atoms with Crippen molar-refractivity contribution in [3.63, 3.8) is 0 Å². The molecule has 0 bridgehead atoms. The molecule has 5 rings (SSSR count). The van der Waals surface area contributed by atoms with Gasteiger partial charge in [0.15, 0.2) is 0 Å². The predicted molar refractivity (Wildman–Crippen MR) is 119 cm³/mol. The van der Waals surface area contributed by atoms with Gasteiger partial charge >= 0.3 is 0 Å². The molecule has 0 spiro atoms. The van der Waals surface area contributed by atoms with Gasteiger partial charge in [0, 0.05) is 68.9 Å². The zero-order valence-corrected chi connectivity index (χ0v) is 17.9. The molecule has 4 aromatic heterocycles. The van der Waals surface area contributed by atoms with Crippen LogP contribution in [-0.4, -0.2) is 19.9 Å². The Balaban J connectivity index is 1.47. The van der Waals surface area contributed by atoms with Crippen LogP contribution in [0.5, 0.6) is 0 Å². The molecule has 4 heterocycles. The van der Waals surface area contributed by atoms with Crippen LogP contribution < -0.4 is 0 Å². The average molecular weight is 417 g/mol. The SMILES string of the molecule is Cc1csc(-c2ccnc(C3C=CCC3c3cc(-c4nc(C)cs4)ccn3)c2)n1. The topological polar surface area (TPSA) is 51.6 Å². The summed E-state index contributed by atoms with van der Waals surface area (Å²) in [5, 5.41) is 6.27. The molecular formula is C23H20N4S2. The van der Waals surface area contributed by atoms with E-state index in [1.807, 2.05) is 38.4 Å². The third kappa shape index (κ3) is 3.66. The Labute approximate surface area is 178 Å². The highest BCUT2D eigenvalue weighted by Crippen LogP contribution is 2.41. The lowest BCUT2D eigenvalue weighted by Gasteiger charge is -2.19. The van der Waals surface area contributed by atoms with Crippen LogP contribution in [0.15, 0.2) is 59.6 Å². The second kappa shape index (κ2) is 7.61. The molecule has 0 saturated carbocycles. The fourth-order valence-corrected chi connectivity index (χ4v) is 5.37. The standard InChI is InChI=1S/C23H20N4S2/c1-14-12-28-22(26-14)16-6-8-24-20(10-16)18-4-3-5-19(18)21-11-17(7-9-25-21)23-27-15(2)13-29-23/h3-4,6-13,18-19H,5H2,1-2H3. The van der Waals surface area contributed by atoms with Crippen molar-refractivity contribution in [2.75, 3.05) is 0 Å². The zero-order chi connectivity index (χ0) is 19.8. The summed E-state index contributed by atoms with van der Waals surface area (Å²) in [6.07, 6.45) is 9.29. The van der Waals surface area contributed by atoms with Crippen LogP contribution in [0.2, 0.25) is 0 Å². The van der Waals surface area contributed by atoms with Crippen molar-refractivity contribution in [2.45, 2.75) is 32.1 Å². The van der Waals surface area contributed by atoms with E-state index >= 15 is 0 Å². The van der Waals surface area contributed by atoms with Gasteiger partial charge in [0.1, 0.15) is 10.0 Å². The largest absolute Gasteiger partial charge is 0.261 e. The normalized spacial score (nSPS) is 18.4. The maximum Gasteiger partial charge on any atom is 0.123 e. The highest BCUT2D eigenvalue weighted by atomic mass is 32.1. The lowest BCUT2D eigenvalue weighted by atomic mass is 9.88. The van der Waals surface area contributed by atoms with Gasteiger partial charge in [-0.2, -0.15) is 0 Å². The first-order valence-corrected chi connectivity index (χ1v) is 11.4. The number of nitrogens with zero attached hydrogens (tertiary/aromatic N) is 4. The van der Waals surface area contributed by atoms with Gasteiger partial charge in [0.05, 0.1) is 0 Å². The highest BCUT2D eigenvalue weighted by Gasteiger charge is 2.28. The summed E-state index contributed by atoms with van der Waals surface area (Å²) in [7, 11) is 0. The summed E-state index contributed by atoms with van der Waals surface area (Å²) in [6, 6.07) is 8.46. The number of aryl methyl sites for hydroxylation is 2. The molecule has 144 valence electrons. The Morgan fingerprint density at radius 2 is 1.41 bits per heavy atom. The maximum atomic E-state index is 4.71. The summed E-state index contributed by atoms with van der Waals surface area (Å²) < 4.78 is 0. The summed E-state index contributed by atoms with van der Waals surface area (Å²) in [4.78, 5) is 18.7. The lowest BCUT2D eigenvalue weighted by Crippen LogP contribution is -2.08. The summed E-state index contributed by atoms with van der Waals surface area (Å²) in [6.45, 7) is 4.06. The molecule has 0 fully saturated rings. The highest BCUT2D eigenvalue weighted by molar-refractivity contribution is 7.13. The van der Waals surface area contributed by atoms with E-state index in [0.717, 1.165) is 50.3 Å². The third-order valence-electron chi connectivity index (χ3n) is 5.18. The molecule has 4 aromatic rings. The Hall–Kier alpha value is -2.70. The Kier molecular flexibility index (Phi) is 4.81.